The van der Waals surface area contributed by atoms with Crippen LogP contribution in [0, 0.1) is 0 Å². The number of hydrogen-bond donors (Lipinski definition) is 1. The Bertz CT molecular complexity index is 639. The number of carbonyl (C=O) groups is 1. The molecule has 3 rings (SSSR count). The molecule has 4 heteroatoms. The van der Waals surface area contributed by atoms with Crippen LogP contribution >= 0.6 is 0 Å². The zero-order chi connectivity index (χ0) is 14.8. The van der Waals surface area contributed by atoms with E-state index in [1.807, 2.05) is 53.4 Å². The third-order valence-electron chi connectivity index (χ3n) is 3.89. The van der Waals surface area contributed by atoms with E-state index < -0.39 is 6.23 Å². The number of hydrogen-bond acceptors (Lipinski definition) is 4. The van der Waals surface area contributed by atoms with Gasteiger partial charge in [-0.15, -0.1) is 0 Å². The Morgan fingerprint density at radius 2 is 1.90 bits per heavy atom. The van der Waals surface area contributed by atoms with Crippen molar-refractivity contribution < 1.29 is 9.53 Å². The largest absolute Gasteiger partial charge is 0.463 e. The number of para-hydroxylation sites is 1. The zero-order valence-corrected chi connectivity index (χ0v) is 11.9. The smallest absolute Gasteiger partial charge is 0.229 e. The topological polar surface area (TPSA) is 55.6 Å². The molecule has 2 atom stereocenters. The third-order valence-corrected chi connectivity index (χ3v) is 3.89. The molecule has 0 saturated heterocycles. The Morgan fingerprint density at radius 3 is 2.57 bits per heavy atom. The highest BCUT2D eigenvalue weighted by atomic mass is 16.5. The first kappa shape index (κ1) is 13.6. The maximum atomic E-state index is 11.4. The number of rotatable bonds is 3. The van der Waals surface area contributed by atoms with Crippen LogP contribution in [0.25, 0.3) is 0 Å². The fourth-order valence-corrected chi connectivity index (χ4v) is 2.76. The van der Waals surface area contributed by atoms with E-state index in [2.05, 4.69) is 6.92 Å². The monoisotopic (exact) mass is 282 g/mol. The van der Waals surface area contributed by atoms with Gasteiger partial charge >= 0.3 is 0 Å². The number of benzene rings is 2. The molecule has 2 aromatic rings. The highest BCUT2D eigenvalue weighted by molar-refractivity contribution is 5.68. The third kappa shape index (κ3) is 2.38. The normalized spacial score (nSPS) is 20.6. The number of nitrogens with zero attached hydrogens (tertiary/aromatic N) is 1. The molecule has 1 aliphatic heterocycles. The van der Waals surface area contributed by atoms with Gasteiger partial charge in [-0.2, -0.15) is 0 Å². The summed E-state index contributed by atoms with van der Waals surface area (Å²) in [6, 6.07) is 15.8. The van der Waals surface area contributed by atoms with Gasteiger partial charge in [-0.05, 0) is 30.7 Å². The van der Waals surface area contributed by atoms with Gasteiger partial charge in [-0.1, -0.05) is 30.3 Å². The molecule has 2 N–H and O–H groups in total. The summed E-state index contributed by atoms with van der Waals surface area (Å²) in [5.41, 5.74) is 8.72. The van der Waals surface area contributed by atoms with Crippen LogP contribution in [-0.2, 0) is 11.3 Å². The van der Waals surface area contributed by atoms with E-state index in [1.54, 1.807) is 0 Å². The molecule has 0 amide bonds. The van der Waals surface area contributed by atoms with Crippen LogP contribution in [0.4, 0.5) is 5.69 Å². The molecular formula is C17H18N2O2. The summed E-state index contributed by atoms with van der Waals surface area (Å²) >= 11 is 0. The van der Waals surface area contributed by atoms with Gasteiger partial charge in [-0.25, -0.2) is 0 Å². The van der Waals surface area contributed by atoms with E-state index in [4.69, 9.17) is 10.5 Å². The highest BCUT2D eigenvalue weighted by Crippen LogP contribution is 2.38. The van der Waals surface area contributed by atoms with E-state index in [1.165, 1.54) is 0 Å². The molecule has 0 aromatic heterocycles. The molecule has 0 bridgehead atoms. The standard InChI is InChI=1S/C17H18N2O2/c1-12-15-4-2-3-5-16(15)21-17(11-20)19(12)14-8-6-13(10-18)7-9-14/h2-9,11-12,17H,10,18H2,1H3. The predicted molar refractivity (Wildman–Crippen MR) is 82.1 cm³/mol. The zero-order valence-electron chi connectivity index (χ0n) is 11.9. The Kier molecular flexibility index (Phi) is 3.62. The fraction of sp³-hybridized carbons (Fsp3) is 0.235. The van der Waals surface area contributed by atoms with Crippen molar-refractivity contribution in [1.82, 2.24) is 0 Å². The molecule has 0 aliphatic carbocycles. The summed E-state index contributed by atoms with van der Waals surface area (Å²) in [4.78, 5) is 13.4. The van der Waals surface area contributed by atoms with Gasteiger partial charge in [0.25, 0.3) is 0 Å². The highest BCUT2D eigenvalue weighted by Gasteiger charge is 2.32. The van der Waals surface area contributed by atoms with Crippen LogP contribution in [-0.4, -0.2) is 12.5 Å². The van der Waals surface area contributed by atoms with Crippen molar-refractivity contribution in [3.8, 4) is 5.75 Å². The lowest BCUT2D eigenvalue weighted by atomic mass is 10.0. The van der Waals surface area contributed by atoms with Crippen molar-refractivity contribution in [3.63, 3.8) is 0 Å². The summed E-state index contributed by atoms with van der Waals surface area (Å²) in [6.07, 6.45) is 0.224. The Hall–Kier alpha value is -2.33. The van der Waals surface area contributed by atoms with Gasteiger partial charge in [0.15, 0.2) is 6.29 Å². The van der Waals surface area contributed by atoms with Gasteiger partial charge in [0, 0.05) is 17.8 Å². The number of carbonyl (C=O) groups excluding carboxylic acids is 1. The van der Waals surface area contributed by atoms with Crippen LogP contribution < -0.4 is 15.4 Å². The Balaban J connectivity index is 2.01. The van der Waals surface area contributed by atoms with E-state index in [0.29, 0.717) is 6.54 Å². The second-order valence-corrected chi connectivity index (χ2v) is 5.14. The molecule has 2 aromatic carbocycles. The SMILES string of the molecule is CC1c2ccccc2OC(C=O)N1c1ccc(CN)cc1. The molecule has 2 unspecified atom stereocenters. The maximum absolute atomic E-state index is 11.4. The van der Waals surface area contributed by atoms with Gasteiger partial charge < -0.3 is 15.4 Å². The second-order valence-electron chi connectivity index (χ2n) is 5.14. The number of ether oxygens (including phenoxy) is 1. The van der Waals surface area contributed by atoms with Gasteiger partial charge in [-0.3, -0.25) is 4.79 Å². The van der Waals surface area contributed by atoms with Crippen LogP contribution in [0.15, 0.2) is 48.5 Å². The van der Waals surface area contributed by atoms with Crippen molar-refractivity contribution in [2.45, 2.75) is 25.7 Å². The van der Waals surface area contributed by atoms with Crippen LogP contribution in [0.1, 0.15) is 24.1 Å². The summed E-state index contributed by atoms with van der Waals surface area (Å²) in [5, 5.41) is 0. The second kappa shape index (κ2) is 5.58. The molecule has 0 spiro atoms. The van der Waals surface area contributed by atoms with Crippen molar-refractivity contribution in [3.05, 3.63) is 59.7 Å². The molecule has 4 nitrogen and oxygen atoms in total. The molecular weight excluding hydrogens is 264 g/mol. The minimum Gasteiger partial charge on any atom is -0.463 e. The van der Waals surface area contributed by atoms with Crippen molar-refractivity contribution in [2.24, 2.45) is 5.73 Å². The quantitative estimate of drug-likeness (QED) is 0.879. The summed E-state index contributed by atoms with van der Waals surface area (Å²) in [6.45, 7) is 2.58. The van der Waals surface area contributed by atoms with Crippen molar-refractivity contribution in [2.75, 3.05) is 4.90 Å². The number of fused-ring (bicyclic) bond motifs is 1. The van der Waals surface area contributed by atoms with E-state index >= 15 is 0 Å². The minimum atomic E-state index is -0.612. The van der Waals surface area contributed by atoms with Gasteiger partial charge in [0.05, 0.1) is 6.04 Å². The molecule has 21 heavy (non-hydrogen) atoms. The molecule has 0 radical (unpaired) electrons. The first-order chi connectivity index (χ1) is 10.2. The number of anilines is 1. The molecule has 0 saturated carbocycles. The molecule has 1 heterocycles. The van der Waals surface area contributed by atoms with E-state index in [0.717, 1.165) is 28.8 Å². The van der Waals surface area contributed by atoms with E-state index in [9.17, 15) is 4.79 Å². The fourth-order valence-electron chi connectivity index (χ4n) is 2.76. The van der Waals surface area contributed by atoms with Crippen LogP contribution in [0.5, 0.6) is 5.75 Å². The lowest BCUT2D eigenvalue weighted by Gasteiger charge is -2.40. The molecule has 0 fully saturated rings. The lowest BCUT2D eigenvalue weighted by molar-refractivity contribution is -0.114. The maximum Gasteiger partial charge on any atom is 0.229 e. The Labute approximate surface area is 124 Å². The molecule has 1 aliphatic rings. The van der Waals surface area contributed by atoms with Crippen molar-refractivity contribution in [1.29, 1.82) is 0 Å². The summed E-state index contributed by atoms with van der Waals surface area (Å²) in [7, 11) is 0. The minimum absolute atomic E-state index is 0.0638. The average Bonchev–Trinajstić information content (AvgIpc) is 2.55. The first-order valence-electron chi connectivity index (χ1n) is 7.03. The molecule has 108 valence electrons. The van der Waals surface area contributed by atoms with E-state index in [-0.39, 0.29) is 6.04 Å². The average molecular weight is 282 g/mol. The van der Waals surface area contributed by atoms with Crippen LogP contribution in [0.3, 0.4) is 0 Å². The number of nitrogens with two attached hydrogens (primary N) is 1. The first-order valence-corrected chi connectivity index (χ1v) is 7.03. The predicted octanol–water partition coefficient (Wildman–Crippen LogP) is 2.63. The number of aldehydes is 1. The van der Waals surface area contributed by atoms with Gasteiger partial charge in [0.2, 0.25) is 6.23 Å². The van der Waals surface area contributed by atoms with Crippen LogP contribution in [0.2, 0.25) is 0 Å². The van der Waals surface area contributed by atoms with Gasteiger partial charge in [0.1, 0.15) is 5.75 Å². The van der Waals surface area contributed by atoms with Crippen molar-refractivity contribution >= 4 is 12.0 Å². The Morgan fingerprint density at radius 1 is 1.19 bits per heavy atom. The lowest BCUT2D eigenvalue weighted by Crippen LogP contribution is -2.46. The summed E-state index contributed by atoms with van der Waals surface area (Å²) < 4.78 is 5.81. The summed E-state index contributed by atoms with van der Waals surface area (Å²) in [5.74, 6) is 0.775.